The smallest absolute Gasteiger partial charge is 0.154 e. The number of aliphatic imine (C=N–C) groups is 1. The molecule has 116 valence electrons. The van der Waals surface area contributed by atoms with E-state index >= 15 is 0 Å². The van der Waals surface area contributed by atoms with Crippen LogP contribution in [0.4, 0.5) is 5.69 Å². The van der Waals surface area contributed by atoms with Gasteiger partial charge in [-0.3, -0.25) is 0 Å². The van der Waals surface area contributed by atoms with Crippen LogP contribution in [-0.4, -0.2) is 5.71 Å². The second-order valence-electron chi connectivity index (χ2n) is 5.45. The number of rotatable bonds is 2. The first kappa shape index (κ1) is 14.9. The molecule has 0 amide bonds. The normalized spacial score (nSPS) is 13.2. The van der Waals surface area contributed by atoms with Gasteiger partial charge in [0.05, 0.1) is 5.71 Å². The van der Waals surface area contributed by atoms with E-state index in [1.54, 1.807) is 0 Å². The summed E-state index contributed by atoms with van der Waals surface area (Å²) in [6, 6.07) is 26.1. The second-order valence-corrected chi connectivity index (χ2v) is 6.37. The molecule has 4 rings (SSSR count). The highest BCUT2D eigenvalue weighted by atomic mass is 79.9. The van der Waals surface area contributed by atoms with Crippen LogP contribution in [0.1, 0.15) is 11.1 Å². The molecule has 24 heavy (non-hydrogen) atoms. The first-order chi connectivity index (χ1) is 11.8. The molecule has 2 nitrogen and oxygen atoms in total. The Hall–Kier alpha value is -2.65. The minimum atomic E-state index is 0.741. The van der Waals surface area contributed by atoms with Gasteiger partial charge in [-0.1, -0.05) is 76.6 Å². The third-order valence-electron chi connectivity index (χ3n) is 3.78. The zero-order chi connectivity index (χ0) is 16.4. The molecule has 3 aromatic carbocycles. The molecule has 0 saturated heterocycles. The summed E-state index contributed by atoms with van der Waals surface area (Å²) in [7, 11) is 0. The maximum atomic E-state index is 6.19. The molecule has 0 N–H and O–H groups in total. The summed E-state index contributed by atoms with van der Waals surface area (Å²) >= 11 is 3.50. The average molecular weight is 376 g/mol. The topological polar surface area (TPSA) is 21.6 Å². The van der Waals surface area contributed by atoms with Crippen LogP contribution in [0.25, 0.3) is 5.76 Å². The fourth-order valence-corrected chi connectivity index (χ4v) is 2.94. The maximum Gasteiger partial charge on any atom is 0.154 e. The van der Waals surface area contributed by atoms with Crippen LogP contribution >= 0.6 is 15.9 Å². The third-order valence-corrected chi connectivity index (χ3v) is 4.27. The molecule has 0 fully saturated rings. The van der Waals surface area contributed by atoms with Gasteiger partial charge in [0.25, 0.3) is 0 Å². The fraction of sp³-hybridized carbons (Fsp3) is 0. The highest BCUT2D eigenvalue weighted by Crippen LogP contribution is 2.36. The fourth-order valence-electron chi connectivity index (χ4n) is 2.60. The van der Waals surface area contributed by atoms with Gasteiger partial charge in [-0.05, 0) is 18.2 Å². The number of hydrogen-bond donors (Lipinski definition) is 0. The van der Waals surface area contributed by atoms with E-state index in [9.17, 15) is 0 Å². The van der Waals surface area contributed by atoms with Crippen molar-refractivity contribution in [3.8, 4) is 5.75 Å². The van der Waals surface area contributed by atoms with Gasteiger partial charge in [0.1, 0.15) is 11.4 Å². The number of halogens is 1. The first-order valence-corrected chi connectivity index (χ1v) is 8.47. The Labute approximate surface area is 149 Å². The second kappa shape index (κ2) is 6.46. The Morgan fingerprint density at radius 2 is 1.42 bits per heavy atom. The number of allylic oxidation sites excluding steroid dienone is 1. The number of nitrogens with zero attached hydrogens (tertiary/aromatic N) is 1. The lowest BCUT2D eigenvalue weighted by molar-refractivity contribution is 0.518. The molecule has 3 heteroatoms. The largest absolute Gasteiger partial charge is 0.454 e. The van der Waals surface area contributed by atoms with E-state index in [0.717, 1.165) is 38.5 Å². The lowest BCUT2D eigenvalue weighted by Gasteiger charge is -2.10. The lowest BCUT2D eigenvalue weighted by Crippen LogP contribution is -1.99. The van der Waals surface area contributed by atoms with E-state index in [0.29, 0.717) is 0 Å². The Morgan fingerprint density at radius 3 is 2.12 bits per heavy atom. The summed E-state index contributed by atoms with van der Waals surface area (Å²) < 4.78 is 7.16. The van der Waals surface area contributed by atoms with Crippen molar-refractivity contribution in [3.05, 3.63) is 101 Å². The van der Waals surface area contributed by atoms with Crippen LogP contribution in [0.5, 0.6) is 5.75 Å². The van der Waals surface area contributed by atoms with Crippen molar-refractivity contribution >= 4 is 33.1 Å². The standard InChI is InChI=1S/C21H14BrNO/c22-17-11-12-18-21(13-17)24-20(16-9-5-2-6-10-16)14-19(23-18)15-7-3-1-4-8-15/h1-14H. The van der Waals surface area contributed by atoms with Gasteiger partial charge in [-0.25, -0.2) is 4.99 Å². The van der Waals surface area contributed by atoms with E-state index in [-0.39, 0.29) is 0 Å². The molecular weight excluding hydrogens is 362 g/mol. The van der Waals surface area contributed by atoms with Gasteiger partial charge in [0, 0.05) is 21.7 Å². The molecular formula is C21H14BrNO. The van der Waals surface area contributed by atoms with Crippen molar-refractivity contribution < 1.29 is 4.74 Å². The molecule has 1 aliphatic rings. The quantitative estimate of drug-likeness (QED) is 0.537. The molecule has 1 heterocycles. The van der Waals surface area contributed by atoms with E-state index in [1.807, 2.05) is 72.8 Å². The SMILES string of the molecule is Brc1ccc2c(c1)OC(c1ccccc1)=CC(c1ccccc1)=N2. The van der Waals surface area contributed by atoms with Crippen LogP contribution in [0.3, 0.4) is 0 Å². The van der Waals surface area contributed by atoms with Gasteiger partial charge in [-0.2, -0.15) is 0 Å². The number of fused-ring (bicyclic) bond motifs is 1. The third kappa shape index (κ3) is 3.03. The molecule has 0 spiro atoms. The summed E-state index contributed by atoms with van der Waals surface area (Å²) in [6.45, 7) is 0. The van der Waals surface area contributed by atoms with Crippen LogP contribution < -0.4 is 4.74 Å². The predicted octanol–water partition coefficient (Wildman–Crippen LogP) is 6.00. The van der Waals surface area contributed by atoms with E-state index in [4.69, 9.17) is 9.73 Å². The summed E-state index contributed by atoms with van der Waals surface area (Å²) in [5.74, 6) is 1.53. The monoisotopic (exact) mass is 375 g/mol. The molecule has 3 aromatic rings. The predicted molar refractivity (Wildman–Crippen MR) is 102 cm³/mol. The summed E-state index contributed by atoms with van der Waals surface area (Å²) in [6.07, 6.45) is 2.00. The molecule has 0 bridgehead atoms. The van der Waals surface area contributed by atoms with Gasteiger partial charge in [0.2, 0.25) is 0 Å². The number of ether oxygens (including phenoxy) is 1. The Balaban J connectivity index is 1.90. The van der Waals surface area contributed by atoms with Crippen LogP contribution in [0.15, 0.2) is 94.4 Å². The van der Waals surface area contributed by atoms with Crippen molar-refractivity contribution in [1.82, 2.24) is 0 Å². The zero-order valence-electron chi connectivity index (χ0n) is 12.8. The summed E-state index contributed by atoms with van der Waals surface area (Å²) in [5, 5.41) is 0. The highest BCUT2D eigenvalue weighted by Gasteiger charge is 2.15. The van der Waals surface area contributed by atoms with Gasteiger partial charge in [0.15, 0.2) is 5.75 Å². The number of benzene rings is 3. The molecule has 0 unspecified atom stereocenters. The Bertz CT molecular complexity index is 931. The van der Waals surface area contributed by atoms with Crippen molar-refractivity contribution in [3.63, 3.8) is 0 Å². The minimum Gasteiger partial charge on any atom is -0.454 e. The van der Waals surface area contributed by atoms with E-state index in [2.05, 4.69) is 28.1 Å². The van der Waals surface area contributed by atoms with Crippen molar-refractivity contribution in [2.45, 2.75) is 0 Å². The zero-order valence-corrected chi connectivity index (χ0v) is 14.4. The molecule has 1 aliphatic heterocycles. The van der Waals surface area contributed by atoms with Crippen molar-refractivity contribution in [2.75, 3.05) is 0 Å². The first-order valence-electron chi connectivity index (χ1n) is 7.68. The van der Waals surface area contributed by atoms with Crippen LogP contribution in [0, 0.1) is 0 Å². The Morgan fingerprint density at radius 1 is 0.750 bits per heavy atom. The van der Waals surface area contributed by atoms with Gasteiger partial charge in [-0.15, -0.1) is 0 Å². The van der Waals surface area contributed by atoms with E-state index < -0.39 is 0 Å². The molecule has 0 aliphatic carbocycles. The molecule has 0 saturated carbocycles. The number of hydrogen-bond acceptors (Lipinski definition) is 2. The van der Waals surface area contributed by atoms with Crippen molar-refractivity contribution in [2.24, 2.45) is 4.99 Å². The summed E-state index contributed by atoms with van der Waals surface area (Å²) in [5.41, 5.74) is 3.79. The maximum absolute atomic E-state index is 6.19. The molecule has 0 atom stereocenters. The Kier molecular flexibility index (Phi) is 4.01. The lowest BCUT2D eigenvalue weighted by atomic mass is 10.1. The van der Waals surface area contributed by atoms with Gasteiger partial charge >= 0.3 is 0 Å². The molecule has 0 radical (unpaired) electrons. The molecule has 0 aromatic heterocycles. The minimum absolute atomic E-state index is 0.741. The van der Waals surface area contributed by atoms with Crippen molar-refractivity contribution in [1.29, 1.82) is 0 Å². The van der Waals surface area contributed by atoms with Crippen LogP contribution in [-0.2, 0) is 0 Å². The van der Waals surface area contributed by atoms with Gasteiger partial charge < -0.3 is 4.74 Å². The average Bonchev–Trinajstić information content (AvgIpc) is 2.82. The summed E-state index contributed by atoms with van der Waals surface area (Å²) in [4.78, 5) is 4.82. The van der Waals surface area contributed by atoms with E-state index in [1.165, 1.54) is 0 Å². The highest BCUT2D eigenvalue weighted by molar-refractivity contribution is 9.10. The van der Waals surface area contributed by atoms with Crippen LogP contribution in [0.2, 0.25) is 0 Å².